The molecule has 4 nitrogen and oxygen atoms in total. The molecule has 0 saturated heterocycles. The number of benzene rings is 2. The zero-order valence-corrected chi connectivity index (χ0v) is 14.4. The number of nitrogens with zero attached hydrogens (tertiary/aromatic N) is 4. The minimum absolute atomic E-state index is 0.728. The molecule has 25 heavy (non-hydrogen) atoms. The highest BCUT2D eigenvalue weighted by Gasteiger charge is 2.13. The zero-order chi connectivity index (χ0) is 17.1. The van der Waals surface area contributed by atoms with Gasteiger partial charge in [0.05, 0.1) is 12.9 Å². The Morgan fingerprint density at radius 3 is 2.40 bits per heavy atom. The Morgan fingerprint density at radius 1 is 0.920 bits per heavy atom. The maximum absolute atomic E-state index is 4.54. The molecular weight excluding hydrogens is 328 g/mol. The first-order valence-electron chi connectivity index (χ1n) is 7.93. The molecule has 4 aromatic rings. The van der Waals surface area contributed by atoms with Crippen molar-refractivity contribution >= 4 is 27.8 Å². The van der Waals surface area contributed by atoms with Crippen LogP contribution in [0.15, 0.2) is 84.8 Å². The van der Waals surface area contributed by atoms with Crippen LogP contribution in [0.4, 0.5) is 0 Å². The van der Waals surface area contributed by atoms with E-state index < -0.39 is 0 Å². The second kappa shape index (κ2) is 6.91. The molecule has 0 aliphatic heterocycles. The average molecular weight is 344 g/mol. The number of hydrogen-bond donors (Lipinski definition) is 0. The minimum Gasteiger partial charge on any atom is -0.311 e. The molecule has 2 aromatic carbocycles. The number of hydrogen-bond acceptors (Lipinski definition) is 4. The summed E-state index contributed by atoms with van der Waals surface area (Å²) >= 11 is 1.59. The van der Waals surface area contributed by atoms with Gasteiger partial charge in [-0.15, -0.1) is 0 Å². The van der Waals surface area contributed by atoms with Crippen molar-refractivity contribution in [2.24, 2.45) is 0 Å². The maximum Gasteiger partial charge on any atom is 0.164 e. The van der Waals surface area contributed by atoms with Gasteiger partial charge in [0, 0.05) is 9.80 Å². The van der Waals surface area contributed by atoms with E-state index in [0.29, 0.717) is 0 Å². The molecule has 0 aliphatic rings. The van der Waals surface area contributed by atoms with Gasteiger partial charge < -0.3 is 4.57 Å². The molecule has 0 aliphatic carbocycles. The SMILES string of the molecule is C=C(Sc1ccccc1)c1ncnc2c1ncn2Cc1ccccc1. The van der Waals surface area contributed by atoms with Crippen molar-refractivity contribution in [3.8, 4) is 0 Å². The Bertz CT molecular complexity index is 1010. The summed E-state index contributed by atoms with van der Waals surface area (Å²) in [6.07, 6.45) is 3.40. The second-order valence-corrected chi connectivity index (χ2v) is 6.76. The van der Waals surface area contributed by atoms with Crippen LogP contribution in [0.1, 0.15) is 11.3 Å². The van der Waals surface area contributed by atoms with E-state index in [9.17, 15) is 0 Å². The minimum atomic E-state index is 0.728. The van der Waals surface area contributed by atoms with Gasteiger partial charge in [-0.3, -0.25) is 0 Å². The Kier molecular flexibility index (Phi) is 4.31. The summed E-state index contributed by atoms with van der Waals surface area (Å²) < 4.78 is 2.04. The molecule has 0 atom stereocenters. The van der Waals surface area contributed by atoms with E-state index >= 15 is 0 Å². The predicted octanol–water partition coefficient (Wildman–Crippen LogP) is 4.64. The van der Waals surface area contributed by atoms with Crippen molar-refractivity contribution < 1.29 is 0 Å². The fourth-order valence-electron chi connectivity index (χ4n) is 2.66. The van der Waals surface area contributed by atoms with Gasteiger partial charge in [0.1, 0.15) is 17.5 Å². The van der Waals surface area contributed by atoms with Crippen molar-refractivity contribution in [3.05, 3.63) is 91.2 Å². The number of thioether (sulfide) groups is 1. The Morgan fingerprint density at radius 2 is 1.64 bits per heavy atom. The zero-order valence-electron chi connectivity index (χ0n) is 13.5. The van der Waals surface area contributed by atoms with Crippen LogP contribution in [0.3, 0.4) is 0 Å². The van der Waals surface area contributed by atoms with Crippen LogP contribution in [-0.2, 0) is 6.54 Å². The molecule has 4 rings (SSSR count). The average Bonchev–Trinajstić information content (AvgIpc) is 3.06. The van der Waals surface area contributed by atoms with Gasteiger partial charge in [0.2, 0.25) is 0 Å². The van der Waals surface area contributed by atoms with Crippen molar-refractivity contribution in [2.75, 3.05) is 0 Å². The summed E-state index contributed by atoms with van der Waals surface area (Å²) in [5.41, 5.74) is 3.60. The molecule has 0 spiro atoms. The largest absolute Gasteiger partial charge is 0.311 e. The molecule has 2 aromatic heterocycles. The van der Waals surface area contributed by atoms with Gasteiger partial charge in [-0.2, -0.15) is 0 Å². The fourth-order valence-corrected chi connectivity index (χ4v) is 3.48. The van der Waals surface area contributed by atoms with Crippen LogP contribution in [0.25, 0.3) is 16.1 Å². The highest BCUT2D eigenvalue weighted by atomic mass is 32.2. The molecule has 0 fully saturated rings. The van der Waals surface area contributed by atoms with Gasteiger partial charge in [-0.1, -0.05) is 66.9 Å². The molecule has 5 heteroatoms. The molecule has 0 radical (unpaired) electrons. The normalized spacial score (nSPS) is 10.9. The predicted molar refractivity (Wildman–Crippen MR) is 102 cm³/mol. The standard InChI is InChI=1S/C20H16N4S/c1-15(25-17-10-6-3-7-11-17)18-19-20(22-13-21-18)24(14-23-19)12-16-8-4-2-5-9-16/h2-11,13-14H,1,12H2. The lowest BCUT2D eigenvalue weighted by molar-refractivity contribution is 0.813. The topological polar surface area (TPSA) is 43.6 Å². The van der Waals surface area contributed by atoms with Crippen LogP contribution < -0.4 is 0 Å². The smallest absolute Gasteiger partial charge is 0.164 e. The lowest BCUT2D eigenvalue weighted by Crippen LogP contribution is -2.00. The molecule has 0 unspecified atom stereocenters. The van der Waals surface area contributed by atoms with Gasteiger partial charge in [-0.05, 0) is 17.7 Å². The summed E-state index contributed by atoms with van der Waals surface area (Å²) in [5.74, 6) is 0. The lowest BCUT2D eigenvalue weighted by Gasteiger charge is -2.07. The van der Waals surface area contributed by atoms with Crippen LogP contribution in [0.2, 0.25) is 0 Å². The highest BCUT2D eigenvalue weighted by molar-refractivity contribution is 8.08. The monoisotopic (exact) mass is 344 g/mol. The van der Waals surface area contributed by atoms with Crippen LogP contribution in [0.5, 0.6) is 0 Å². The fraction of sp³-hybridized carbons (Fsp3) is 0.0500. The Balaban J connectivity index is 1.66. The molecule has 2 heterocycles. The quantitative estimate of drug-likeness (QED) is 0.495. The summed E-state index contributed by atoms with van der Waals surface area (Å²) in [6, 6.07) is 20.4. The van der Waals surface area contributed by atoms with E-state index in [0.717, 1.165) is 33.2 Å². The lowest BCUT2D eigenvalue weighted by atomic mass is 10.2. The third kappa shape index (κ3) is 3.32. The summed E-state index contributed by atoms with van der Waals surface area (Å²) in [6.45, 7) is 4.92. The van der Waals surface area contributed by atoms with Crippen LogP contribution >= 0.6 is 11.8 Å². The molecule has 0 N–H and O–H groups in total. The van der Waals surface area contributed by atoms with E-state index in [1.165, 1.54) is 5.56 Å². The molecule has 0 bridgehead atoms. The third-order valence-electron chi connectivity index (χ3n) is 3.85. The van der Waals surface area contributed by atoms with Gasteiger partial charge in [0.25, 0.3) is 0 Å². The first-order chi connectivity index (χ1) is 12.3. The molecule has 0 amide bonds. The van der Waals surface area contributed by atoms with E-state index in [-0.39, 0.29) is 0 Å². The third-order valence-corrected chi connectivity index (χ3v) is 4.79. The Hall–Kier alpha value is -2.92. The van der Waals surface area contributed by atoms with Crippen LogP contribution in [-0.4, -0.2) is 19.5 Å². The van der Waals surface area contributed by atoms with Gasteiger partial charge in [-0.25, -0.2) is 15.0 Å². The first-order valence-corrected chi connectivity index (χ1v) is 8.75. The van der Waals surface area contributed by atoms with Gasteiger partial charge >= 0.3 is 0 Å². The Labute approximate surface area is 150 Å². The second-order valence-electron chi connectivity index (χ2n) is 5.59. The van der Waals surface area contributed by atoms with E-state index in [1.807, 2.05) is 47.3 Å². The number of imidazole rings is 1. The summed E-state index contributed by atoms with van der Waals surface area (Å²) in [5, 5.41) is 0. The number of fused-ring (bicyclic) bond motifs is 1. The van der Waals surface area contributed by atoms with Crippen LogP contribution in [0, 0.1) is 0 Å². The van der Waals surface area contributed by atoms with E-state index in [2.05, 4.69) is 45.8 Å². The number of rotatable bonds is 5. The summed E-state index contributed by atoms with van der Waals surface area (Å²) in [4.78, 5) is 15.4. The molecule has 122 valence electrons. The van der Waals surface area contributed by atoms with Crippen molar-refractivity contribution in [2.45, 2.75) is 11.4 Å². The van der Waals surface area contributed by atoms with Crippen molar-refractivity contribution in [3.63, 3.8) is 0 Å². The molecule has 0 saturated carbocycles. The number of aromatic nitrogens is 4. The maximum atomic E-state index is 4.54. The molecular formula is C20H16N4S. The van der Waals surface area contributed by atoms with E-state index in [4.69, 9.17) is 0 Å². The van der Waals surface area contributed by atoms with E-state index in [1.54, 1.807) is 18.1 Å². The first kappa shape index (κ1) is 15.6. The highest BCUT2D eigenvalue weighted by Crippen LogP contribution is 2.33. The van der Waals surface area contributed by atoms with Gasteiger partial charge in [0.15, 0.2) is 5.65 Å². The summed E-state index contributed by atoms with van der Waals surface area (Å²) in [7, 11) is 0. The van der Waals surface area contributed by atoms with Crippen molar-refractivity contribution in [1.29, 1.82) is 0 Å². The van der Waals surface area contributed by atoms with Crippen molar-refractivity contribution in [1.82, 2.24) is 19.5 Å².